The zero-order chi connectivity index (χ0) is 28.1. The zero-order valence-electron chi connectivity index (χ0n) is 21.3. The monoisotopic (exact) mass is 573 g/mol. The molecule has 0 radical (unpaired) electrons. The molecular formula is C26H29Cl2N7O4. The van der Waals surface area contributed by atoms with Gasteiger partial charge in [-0.3, -0.25) is 25.0 Å². The summed E-state index contributed by atoms with van der Waals surface area (Å²) in [6.45, 7) is 2.04. The SMILES string of the molecule is CN=C(NC[C@H](NC(=O)c1c(Cl)cc2c(c1Cl)CCN(C(=O)C(=N)/C=C1/C=CC=N1)C2)C(=O)O)N1CCCC1. The Bertz CT molecular complexity index is 1300. The summed E-state index contributed by atoms with van der Waals surface area (Å²) in [5.74, 6) is -1.81. The second-order valence-electron chi connectivity index (χ2n) is 9.27. The van der Waals surface area contributed by atoms with Gasteiger partial charge < -0.3 is 25.5 Å². The third kappa shape index (κ3) is 6.48. The van der Waals surface area contributed by atoms with E-state index in [2.05, 4.69) is 20.6 Å². The van der Waals surface area contributed by atoms with Crippen molar-refractivity contribution in [3.05, 3.63) is 56.7 Å². The van der Waals surface area contributed by atoms with E-state index in [0.29, 0.717) is 29.2 Å². The van der Waals surface area contributed by atoms with Crippen LogP contribution in [0.25, 0.3) is 0 Å². The molecule has 2 amide bonds. The molecule has 11 nitrogen and oxygen atoms in total. The third-order valence-electron chi connectivity index (χ3n) is 6.70. The molecule has 39 heavy (non-hydrogen) atoms. The van der Waals surface area contributed by atoms with Crippen molar-refractivity contribution < 1.29 is 19.5 Å². The van der Waals surface area contributed by atoms with Crippen molar-refractivity contribution >= 4 is 58.9 Å². The lowest BCUT2D eigenvalue weighted by Gasteiger charge is -2.30. The number of benzene rings is 1. The van der Waals surface area contributed by atoms with Gasteiger partial charge in [0.1, 0.15) is 11.8 Å². The van der Waals surface area contributed by atoms with Crippen molar-refractivity contribution in [3.8, 4) is 0 Å². The van der Waals surface area contributed by atoms with Crippen molar-refractivity contribution in [2.45, 2.75) is 31.8 Å². The molecule has 1 saturated heterocycles. The van der Waals surface area contributed by atoms with E-state index < -0.39 is 23.8 Å². The number of nitrogens with one attached hydrogen (secondary N) is 3. The molecule has 0 spiro atoms. The number of amides is 2. The largest absolute Gasteiger partial charge is 0.480 e. The lowest BCUT2D eigenvalue weighted by Crippen LogP contribution is -2.51. The van der Waals surface area contributed by atoms with Crippen LogP contribution in [0.15, 0.2) is 40.0 Å². The Hall–Kier alpha value is -3.70. The molecule has 4 rings (SSSR count). The van der Waals surface area contributed by atoms with Gasteiger partial charge >= 0.3 is 5.97 Å². The lowest BCUT2D eigenvalue weighted by atomic mass is 9.96. The first-order valence-electron chi connectivity index (χ1n) is 12.5. The molecule has 13 heteroatoms. The Balaban J connectivity index is 1.45. The van der Waals surface area contributed by atoms with Crippen molar-refractivity contribution in [3.63, 3.8) is 0 Å². The van der Waals surface area contributed by atoms with Crippen molar-refractivity contribution in [2.75, 3.05) is 33.2 Å². The molecule has 206 valence electrons. The van der Waals surface area contributed by atoms with Crippen LogP contribution in [0.5, 0.6) is 0 Å². The number of likely N-dealkylation sites (tertiary alicyclic amines) is 1. The Morgan fingerprint density at radius 2 is 1.97 bits per heavy atom. The van der Waals surface area contributed by atoms with Crippen LogP contribution in [0.3, 0.4) is 0 Å². The Morgan fingerprint density at radius 3 is 2.62 bits per heavy atom. The first kappa shape index (κ1) is 28.3. The number of guanidine groups is 1. The van der Waals surface area contributed by atoms with Crippen molar-refractivity contribution in [1.29, 1.82) is 5.41 Å². The Kier molecular flexibility index (Phi) is 9.03. The van der Waals surface area contributed by atoms with Gasteiger partial charge in [-0.2, -0.15) is 0 Å². The molecule has 1 aromatic carbocycles. The number of nitrogens with zero attached hydrogens (tertiary/aromatic N) is 4. The van der Waals surface area contributed by atoms with Crippen LogP contribution in [-0.2, 0) is 22.6 Å². The van der Waals surface area contributed by atoms with Gasteiger partial charge in [0.25, 0.3) is 11.8 Å². The van der Waals surface area contributed by atoms with E-state index in [4.69, 9.17) is 28.6 Å². The average molecular weight is 574 g/mol. The molecular weight excluding hydrogens is 545 g/mol. The van der Waals surface area contributed by atoms with Crippen LogP contribution >= 0.6 is 23.2 Å². The van der Waals surface area contributed by atoms with E-state index in [9.17, 15) is 19.5 Å². The fourth-order valence-electron chi connectivity index (χ4n) is 4.70. The molecule has 1 atom stereocenters. The summed E-state index contributed by atoms with van der Waals surface area (Å²) in [4.78, 5) is 49.7. The topological polar surface area (TPSA) is 151 Å². The number of carboxylic acids is 1. The van der Waals surface area contributed by atoms with E-state index in [1.807, 2.05) is 4.90 Å². The fourth-order valence-corrected chi connectivity index (χ4v) is 5.46. The maximum Gasteiger partial charge on any atom is 0.328 e. The highest BCUT2D eigenvalue weighted by Crippen LogP contribution is 2.34. The van der Waals surface area contributed by atoms with Gasteiger partial charge in [-0.1, -0.05) is 23.2 Å². The fraction of sp³-hybridized carbons (Fsp3) is 0.385. The number of carbonyl (C=O) groups excluding carboxylic acids is 2. The van der Waals surface area contributed by atoms with Crippen LogP contribution in [0.1, 0.15) is 34.3 Å². The minimum absolute atomic E-state index is 0.0182. The lowest BCUT2D eigenvalue weighted by molar-refractivity contribution is -0.139. The summed E-state index contributed by atoms with van der Waals surface area (Å²) < 4.78 is 0. The number of hydrogen-bond acceptors (Lipinski definition) is 6. The molecule has 0 aromatic heterocycles. The van der Waals surface area contributed by atoms with Gasteiger partial charge in [-0.25, -0.2) is 4.79 Å². The summed E-state index contributed by atoms with van der Waals surface area (Å²) in [7, 11) is 1.62. The summed E-state index contributed by atoms with van der Waals surface area (Å²) in [5.41, 5.74) is 1.63. The Morgan fingerprint density at radius 1 is 1.23 bits per heavy atom. The van der Waals surface area contributed by atoms with Gasteiger partial charge in [-0.05, 0) is 54.7 Å². The predicted octanol–water partition coefficient (Wildman–Crippen LogP) is 2.28. The highest BCUT2D eigenvalue weighted by Gasteiger charge is 2.30. The van der Waals surface area contributed by atoms with Crippen LogP contribution in [0, 0.1) is 5.41 Å². The number of halogens is 2. The number of carbonyl (C=O) groups is 3. The minimum Gasteiger partial charge on any atom is -0.480 e. The summed E-state index contributed by atoms with van der Waals surface area (Å²) >= 11 is 13.1. The smallest absolute Gasteiger partial charge is 0.328 e. The molecule has 0 aliphatic carbocycles. The molecule has 3 aliphatic rings. The molecule has 4 N–H and O–H groups in total. The van der Waals surface area contributed by atoms with Crippen LogP contribution in [0.2, 0.25) is 10.0 Å². The van der Waals surface area contributed by atoms with Gasteiger partial charge in [0, 0.05) is 46.0 Å². The summed E-state index contributed by atoms with van der Waals surface area (Å²) in [5, 5.41) is 23.5. The van der Waals surface area contributed by atoms with Crippen LogP contribution < -0.4 is 10.6 Å². The normalized spacial score (nSPS) is 18.3. The highest BCUT2D eigenvalue weighted by atomic mass is 35.5. The second-order valence-corrected chi connectivity index (χ2v) is 10.1. The molecule has 0 unspecified atom stereocenters. The van der Waals surface area contributed by atoms with E-state index in [1.54, 1.807) is 31.5 Å². The molecule has 1 aromatic rings. The van der Waals surface area contributed by atoms with Crippen molar-refractivity contribution in [2.24, 2.45) is 9.98 Å². The molecule has 3 heterocycles. The first-order valence-corrected chi connectivity index (χ1v) is 13.2. The standard InChI is InChI=1S/C26H29Cl2N7O4/c1-30-26(34-8-2-3-9-34)32-13-20(25(38)39)33-23(36)21-18(27)11-15-14-35(10-6-17(15)22(21)28)24(37)19(29)12-16-5-4-7-31-16/h4-5,7,11-12,20,29H,2-3,6,8-10,13-14H2,1H3,(H,30,32)(H,33,36)(H,38,39)/b16-12-,29-19?/t20-/m0/s1. The maximum absolute atomic E-state index is 13.2. The van der Waals surface area contributed by atoms with Gasteiger partial charge in [0.2, 0.25) is 0 Å². The van der Waals surface area contributed by atoms with Gasteiger partial charge in [-0.15, -0.1) is 0 Å². The van der Waals surface area contributed by atoms with E-state index in [1.165, 1.54) is 11.0 Å². The maximum atomic E-state index is 13.2. The molecule has 0 bridgehead atoms. The molecule has 0 saturated carbocycles. The van der Waals surface area contributed by atoms with Gasteiger partial charge in [0.05, 0.1) is 21.3 Å². The highest BCUT2D eigenvalue weighted by molar-refractivity contribution is 6.42. The van der Waals surface area contributed by atoms with Crippen molar-refractivity contribution in [1.82, 2.24) is 20.4 Å². The van der Waals surface area contributed by atoms with E-state index in [-0.39, 0.29) is 41.0 Å². The average Bonchev–Trinajstić information content (AvgIpc) is 3.62. The van der Waals surface area contributed by atoms with Gasteiger partial charge in [0.15, 0.2) is 5.96 Å². The summed E-state index contributed by atoms with van der Waals surface area (Å²) in [6, 6.07) is 0.305. The number of carboxylic acid groups (broad SMARTS) is 1. The second kappa shape index (κ2) is 12.4. The third-order valence-corrected chi connectivity index (χ3v) is 7.42. The predicted molar refractivity (Wildman–Crippen MR) is 150 cm³/mol. The molecule has 1 fully saturated rings. The zero-order valence-corrected chi connectivity index (χ0v) is 22.8. The quantitative estimate of drug-likeness (QED) is 0.290. The first-order chi connectivity index (χ1) is 18.7. The molecule has 3 aliphatic heterocycles. The number of fused-ring (bicyclic) bond motifs is 1. The summed E-state index contributed by atoms with van der Waals surface area (Å²) in [6.07, 6.45) is 8.82. The van der Waals surface area contributed by atoms with Crippen LogP contribution in [0.4, 0.5) is 0 Å². The Labute approximate surface area is 235 Å². The number of aliphatic carboxylic acids is 1. The minimum atomic E-state index is -1.26. The number of rotatable bonds is 7. The number of hydrogen-bond donors (Lipinski definition) is 4. The van der Waals surface area contributed by atoms with E-state index in [0.717, 1.165) is 25.9 Å². The number of allylic oxidation sites excluding steroid dienone is 2. The van der Waals surface area contributed by atoms with Crippen LogP contribution in [-0.4, -0.2) is 89.8 Å². The van der Waals surface area contributed by atoms with E-state index >= 15 is 0 Å². The number of aliphatic imine (C=N–C) groups is 2.